The Labute approximate surface area is 167 Å². The average Bonchev–Trinajstić information content (AvgIpc) is 2.71. The van der Waals surface area contributed by atoms with Gasteiger partial charge < -0.3 is 15.4 Å². The highest BCUT2D eigenvalue weighted by Gasteiger charge is 2.08. The minimum Gasteiger partial charge on any atom is -0.497 e. The van der Waals surface area contributed by atoms with Gasteiger partial charge in [0.1, 0.15) is 17.4 Å². The van der Waals surface area contributed by atoms with E-state index in [9.17, 15) is 9.18 Å². The van der Waals surface area contributed by atoms with Gasteiger partial charge in [0, 0.05) is 24.0 Å². The fraction of sp³-hybridized carbons (Fsp3) is 0.143. The second kappa shape index (κ2) is 9.19. The number of pyridine rings is 1. The van der Waals surface area contributed by atoms with E-state index in [0.717, 1.165) is 11.3 Å². The van der Waals surface area contributed by atoms with E-state index in [4.69, 9.17) is 16.3 Å². The summed E-state index contributed by atoms with van der Waals surface area (Å²) in [5, 5.41) is 5.90. The lowest BCUT2D eigenvalue weighted by atomic mass is 10.1. The van der Waals surface area contributed by atoms with Crippen LogP contribution in [-0.4, -0.2) is 24.5 Å². The minimum absolute atomic E-state index is 0.0115. The number of nitrogens with one attached hydrogen (secondary N) is 2. The molecule has 0 aliphatic rings. The SMILES string of the molecule is COc1ccc(CCNC(=O)c2ccnc(Nc3ccc(F)c(Cl)c3)c2)cc1. The number of carbonyl (C=O) groups is 1. The molecule has 0 saturated heterocycles. The van der Waals surface area contributed by atoms with Crippen molar-refractivity contribution in [2.75, 3.05) is 19.0 Å². The van der Waals surface area contributed by atoms with Crippen LogP contribution < -0.4 is 15.4 Å². The lowest BCUT2D eigenvalue weighted by Crippen LogP contribution is -2.25. The number of nitrogens with zero attached hydrogens (tertiary/aromatic N) is 1. The third kappa shape index (κ3) is 5.20. The molecule has 144 valence electrons. The summed E-state index contributed by atoms with van der Waals surface area (Å²) in [6.45, 7) is 0.504. The highest BCUT2D eigenvalue weighted by Crippen LogP contribution is 2.22. The molecule has 2 aromatic carbocycles. The molecule has 5 nitrogen and oxygen atoms in total. The van der Waals surface area contributed by atoms with Gasteiger partial charge in [-0.25, -0.2) is 9.37 Å². The number of methoxy groups -OCH3 is 1. The topological polar surface area (TPSA) is 63.2 Å². The van der Waals surface area contributed by atoms with Gasteiger partial charge in [0.15, 0.2) is 0 Å². The van der Waals surface area contributed by atoms with E-state index in [1.165, 1.54) is 18.3 Å². The van der Waals surface area contributed by atoms with Crippen LogP contribution in [0.2, 0.25) is 5.02 Å². The van der Waals surface area contributed by atoms with E-state index < -0.39 is 5.82 Å². The molecule has 0 bridgehead atoms. The van der Waals surface area contributed by atoms with Crippen LogP contribution in [0.4, 0.5) is 15.9 Å². The van der Waals surface area contributed by atoms with Crippen molar-refractivity contribution in [2.45, 2.75) is 6.42 Å². The maximum Gasteiger partial charge on any atom is 0.251 e. The van der Waals surface area contributed by atoms with E-state index in [-0.39, 0.29) is 10.9 Å². The first-order valence-electron chi connectivity index (χ1n) is 8.64. The van der Waals surface area contributed by atoms with Crippen molar-refractivity contribution in [3.8, 4) is 5.75 Å². The van der Waals surface area contributed by atoms with E-state index in [1.54, 1.807) is 25.3 Å². The smallest absolute Gasteiger partial charge is 0.251 e. The normalized spacial score (nSPS) is 10.4. The number of benzene rings is 2. The Bertz CT molecular complexity index is 964. The van der Waals surface area contributed by atoms with Crippen LogP contribution in [0, 0.1) is 5.82 Å². The molecule has 3 rings (SSSR count). The number of aromatic nitrogens is 1. The van der Waals surface area contributed by atoms with Gasteiger partial charge in [0.25, 0.3) is 5.91 Å². The molecule has 1 aromatic heterocycles. The predicted molar refractivity (Wildman–Crippen MR) is 108 cm³/mol. The van der Waals surface area contributed by atoms with Gasteiger partial charge in [-0.05, 0) is 54.4 Å². The summed E-state index contributed by atoms with van der Waals surface area (Å²) < 4.78 is 18.4. The maximum absolute atomic E-state index is 13.3. The van der Waals surface area contributed by atoms with Crippen molar-refractivity contribution in [1.82, 2.24) is 10.3 Å². The Kier molecular flexibility index (Phi) is 6.45. The zero-order chi connectivity index (χ0) is 19.9. The Morgan fingerprint density at radius 1 is 1.14 bits per heavy atom. The molecule has 0 aliphatic carbocycles. The highest BCUT2D eigenvalue weighted by atomic mass is 35.5. The predicted octanol–water partition coefficient (Wildman–Crippen LogP) is 4.60. The first kappa shape index (κ1) is 19.6. The van der Waals surface area contributed by atoms with E-state index >= 15 is 0 Å². The maximum atomic E-state index is 13.3. The Balaban J connectivity index is 1.57. The van der Waals surface area contributed by atoms with Crippen LogP contribution in [0.3, 0.4) is 0 Å². The fourth-order valence-electron chi connectivity index (χ4n) is 2.58. The third-order valence-corrected chi connectivity index (χ3v) is 4.36. The third-order valence-electron chi connectivity index (χ3n) is 4.07. The zero-order valence-corrected chi connectivity index (χ0v) is 16.0. The second-order valence-electron chi connectivity index (χ2n) is 6.04. The number of amides is 1. The molecule has 0 spiro atoms. The molecule has 0 atom stereocenters. The number of rotatable bonds is 7. The highest BCUT2D eigenvalue weighted by molar-refractivity contribution is 6.31. The van der Waals surface area contributed by atoms with Gasteiger partial charge >= 0.3 is 0 Å². The number of anilines is 2. The molecule has 7 heteroatoms. The summed E-state index contributed by atoms with van der Waals surface area (Å²) in [6.07, 6.45) is 2.24. The Hall–Kier alpha value is -3.12. The average molecular weight is 400 g/mol. The molecule has 0 unspecified atom stereocenters. The first-order chi connectivity index (χ1) is 13.5. The quantitative estimate of drug-likeness (QED) is 0.609. The molecule has 28 heavy (non-hydrogen) atoms. The van der Waals surface area contributed by atoms with Crippen LogP contribution in [0.15, 0.2) is 60.8 Å². The molecular weight excluding hydrogens is 381 g/mol. The van der Waals surface area contributed by atoms with Crippen molar-refractivity contribution in [2.24, 2.45) is 0 Å². The second-order valence-corrected chi connectivity index (χ2v) is 6.44. The summed E-state index contributed by atoms with van der Waals surface area (Å²) in [6, 6.07) is 15.2. The molecule has 1 heterocycles. The van der Waals surface area contributed by atoms with Gasteiger partial charge in [0.05, 0.1) is 12.1 Å². The zero-order valence-electron chi connectivity index (χ0n) is 15.2. The van der Waals surface area contributed by atoms with Crippen molar-refractivity contribution in [1.29, 1.82) is 0 Å². The van der Waals surface area contributed by atoms with Crippen molar-refractivity contribution in [3.63, 3.8) is 0 Å². The molecular formula is C21H19ClFN3O2. The minimum atomic E-state index is -0.495. The number of carbonyl (C=O) groups excluding carboxylic acids is 1. The van der Waals surface area contributed by atoms with E-state index in [2.05, 4.69) is 15.6 Å². The fourth-order valence-corrected chi connectivity index (χ4v) is 2.76. The van der Waals surface area contributed by atoms with Gasteiger partial charge in [-0.15, -0.1) is 0 Å². The van der Waals surface area contributed by atoms with E-state index in [0.29, 0.717) is 30.0 Å². The summed E-state index contributed by atoms with van der Waals surface area (Å²) in [4.78, 5) is 16.6. The molecule has 0 fully saturated rings. The summed E-state index contributed by atoms with van der Waals surface area (Å²) >= 11 is 5.78. The molecule has 2 N–H and O–H groups in total. The van der Waals surface area contributed by atoms with Gasteiger partial charge in [-0.2, -0.15) is 0 Å². The lowest BCUT2D eigenvalue weighted by Gasteiger charge is -2.09. The van der Waals surface area contributed by atoms with Crippen molar-refractivity contribution < 1.29 is 13.9 Å². The van der Waals surface area contributed by atoms with Gasteiger partial charge in [-0.1, -0.05) is 23.7 Å². The van der Waals surface area contributed by atoms with Crippen LogP contribution in [-0.2, 0) is 6.42 Å². The molecule has 3 aromatic rings. The Morgan fingerprint density at radius 2 is 1.93 bits per heavy atom. The standard InChI is InChI=1S/C21H19ClFN3O2/c1-28-17-5-2-14(3-6-17)8-10-25-21(27)15-9-11-24-20(12-15)26-16-4-7-19(23)18(22)13-16/h2-7,9,11-13H,8,10H2,1H3,(H,24,26)(H,25,27). The van der Waals surface area contributed by atoms with Crippen LogP contribution >= 0.6 is 11.6 Å². The summed E-state index contributed by atoms with van der Waals surface area (Å²) in [7, 11) is 1.62. The van der Waals surface area contributed by atoms with Crippen LogP contribution in [0.1, 0.15) is 15.9 Å². The monoisotopic (exact) mass is 399 g/mol. The number of ether oxygens (including phenoxy) is 1. The lowest BCUT2D eigenvalue weighted by molar-refractivity contribution is 0.0954. The van der Waals surface area contributed by atoms with Crippen LogP contribution in [0.5, 0.6) is 5.75 Å². The molecule has 0 aliphatic heterocycles. The summed E-state index contributed by atoms with van der Waals surface area (Å²) in [5.41, 5.74) is 2.16. The number of hydrogen-bond donors (Lipinski definition) is 2. The number of halogens is 2. The van der Waals surface area contributed by atoms with Crippen molar-refractivity contribution in [3.05, 3.63) is 82.8 Å². The molecule has 0 radical (unpaired) electrons. The van der Waals surface area contributed by atoms with Crippen molar-refractivity contribution >= 4 is 29.0 Å². The molecule has 1 amide bonds. The molecule has 0 saturated carbocycles. The van der Waals surface area contributed by atoms with Crippen LogP contribution in [0.25, 0.3) is 0 Å². The number of hydrogen-bond acceptors (Lipinski definition) is 4. The Morgan fingerprint density at radius 3 is 2.64 bits per heavy atom. The largest absolute Gasteiger partial charge is 0.497 e. The first-order valence-corrected chi connectivity index (χ1v) is 9.02. The van der Waals surface area contributed by atoms with Gasteiger partial charge in [0.2, 0.25) is 0 Å². The van der Waals surface area contributed by atoms with Gasteiger partial charge in [-0.3, -0.25) is 4.79 Å². The summed E-state index contributed by atoms with van der Waals surface area (Å²) in [5.74, 6) is 0.568. The van der Waals surface area contributed by atoms with E-state index in [1.807, 2.05) is 24.3 Å².